The molecule has 1 aliphatic rings. The van der Waals surface area contributed by atoms with Crippen LogP contribution in [0, 0.1) is 19.3 Å². The molecule has 7 nitrogen and oxygen atoms in total. The normalized spacial score (nSPS) is 13.0. The Labute approximate surface area is 175 Å². The first-order valence-corrected chi connectivity index (χ1v) is 10.0. The predicted octanol–water partition coefficient (Wildman–Crippen LogP) is 3.30. The van der Waals surface area contributed by atoms with Gasteiger partial charge in [-0.3, -0.25) is 4.79 Å². The van der Waals surface area contributed by atoms with E-state index in [1.54, 1.807) is 10.9 Å². The summed E-state index contributed by atoms with van der Waals surface area (Å²) in [5.74, 6) is 3.59. The molecular formula is C22H16N4O3S. The molecule has 148 valence electrons. The fraction of sp³-hybridized carbons (Fsp3) is 0.136. The number of terminal acetylenes is 1. The number of amides is 1. The lowest BCUT2D eigenvalue weighted by Gasteiger charge is -2.04. The number of benzene rings is 2. The van der Waals surface area contributed by atoms with Crippen molar-refractivity contribution in [3.05, 3.63) is 64.7 Å². The van der Waals surface area contributed by atoms with Gasteiger partial charge in [0, 0.05) is 12.1 Å². The number of carbonyl (C=O) groups is 1. The molecule has 1 aliphatic heterocycles. The highest BCUT2D eigenvalue weighted by atomic mass is 32.1. The van der Waals surface area contributed by atoms with E-state index in [1.165, 1.54) is 11.3 Å². The third kappa shape index (κ3) is 2.96. The van der Waals surface area contributed by atoms with Crippen molar-refractivity contribution in [2.24, 2.45) is 4.99 Å². The van der Waals surface area contributed by atoms with Gasteiger partial charge in [0.25, 0.3) is 5.91 Å². The first kappa shape index (κ1) is 18.2. The van der Waals surface area contributed by atoms with Crippen LogP contribution in [-0.2, 0) is 6.54 Å². The predicted molar refractivity (Wildman–Crippen MR) is 113 cm³/mol. The molecule has 1 amide bonds. The quantitative estimate of drug-likeness (QED) is 0.481. The van der Waals surface area contributed by atoms with Crippen molar-refractivity contribution < 1.29 is 14.3 Å². The molecule has 0 fully saturated rings. The summed E-state index contributed by atoms with van der Waals surface area (Å²) in [6.45, 7) is 2.33. The van der Waals surface area contributed by atoms with Gasteiger partial charge in [0.2, 0.25) is 6.79 Å². The van der Waals surface area contributed by atoms with Crippen molar-refractivity contribution in [1.29, 1.82) is 0 Å². The Morgan fingerprint density at radius 1 is 1.27 bits per heavy atom. The molecule has 8 heteroatoms. The molecule has 30 heavy (non-hydrogen) atoms. The highest BCUT2D eigenvalue weighted by molar-refractivity contribution is 7.16. The van der Waals surface area contributed by atoms with E-state index < -0.39 is 0 Å². The molecule has 0 unspecified atom stereocenters. The number of carbonyl (C=O) groups excluding carboxylic acids is 1. The SMILES string of the molecule is C#CCn1c(=NC(=O)c2cnn(-c3ccccc3)c2C)sc2cc3c(cc21)OCO3. The molecule has 0 aliphatic carbocycles. The van der Waals surface area contributed by atoms with Gasteiger partial charge in [-0.1, -0.05) is 35.5 Å². The summed E-state index contributed by atoms with van der Waals surface area (Å²) in [5.41, 5.74) is 2.90. The molecule has 0 bridgehead atoms. The molecule has 0 N–H and O–H groups in total. The van der Waals surface area contributed by atoms with Crippen molar-refractivity contribution in [2.45, 2.75) is 13.5 Å². The highest BCUT2D eigenvalue weighted by Crippen LogP contribution is 2.37. The van der Waals surface area contributed by atoms with E-state index in [0.717, 1.165) is 21.6 Å². The smallest absolute Gasteiger partial charge is 0.283 e. The largest absolute Gasteiger partial charge is 0.454 e. The fourth-order valence-corrected chi connectivity index (χ4v) is 4.42. The molecule has 0 spiro atoms. The molecule has 2 aromatic heterocycles. The molecular weight excluding hydrogens is 400 g/mol. The lowest BCUT2D eigenvalue weighted by molar-refractivity contribution is 0.0997. The number of thiazole rings is 1. The Bertz CT molecular complexity index is 1390. The maximum absolute atomic E-state index is 13.0. The summed E-state index contributed by atoms with van der Waals surface area (Å²) in [6.07, 6.45) is 7.11. The van der Waals surface area contributed by atoms with E-state index in [1.807, 2.05) is 54.0 Å². The number of aromatic nitrogens is 3. The summed E-state index contributed by atoms with van der Waals surface area (Å²) in [5, 5.41) is 4.36. The number of fused-ring (bicyclic) bond motifs is 2. The third-order valence-corrected chi connectivity index (χ3v) is 5.91. The summed E-state index contributed by atoms with van der Waals surface area (Å²) >= 11 is 1.38. The second kappa shape index (κ2) is 7.21. The van der Waals surface area contributed by atoms with Crippen LogP contribution in [0.1, 0.15) is 16.1 Å². The van der Waals surface area contributed by atoms with Crippen LogP contribution >= 0.6 is 11.3 Å². The average Bonchev–Trinajstić information content (AvgIpc) is 3.45. The zero-order valence-electron chi connectivity index (χ0n) is 16.0. The van der Waals surface area contributed by atoms with Gasteiger partial charge in [-0.15, -0.1) is 6.42 Å². The fourth-order valence-electron chi connectivity index (χ4n) is 3.39. The molecule has 0 atom stereocenters. The third-order valence-electron chi connectivity index (χ3n) is 4.86. The number of para-hydroxylation sites is 1. The summed E-state index contributed by atoms with van der Waals surface area (Å²) in [7, 11) is 0. The van der Waals surface area contributed by atoms with Crippen LogP contribution in [0.15, 0.2) is 53.7 Å². The molecule has 2 aromatic carbocycles. The number of ether oxygens (including phenoxy) is 2. The van der Waals surface area contributed by atoms with E-state index in [0.29, 0.717) is 21.9 Å². The highest BCUT2D eigenvalue weighted by Gasteiger charge is 2.19. The Hall–Kier alpha value is -3.83. The van der Waals surface area contributed by atoms with E-state index in [2.05, 4.69) is 16.0 Å². The van der Waals surface area contributed by atoms with E-state index in [4.69, 9.17) is 15.9 Å². The molecule has 0 saturated heterocycles. The molecule has 0 saturated carbocycles. The minimum atomic E-state index is -0.368. The van der Waals surface area contributed by atoms with Gasteiger partial charge in [0.05, 0.1) is 39.9 Å². The lowest BCUT2D eigenvalue weighted by atomic mass is 10.2. The zero-order chi connectivity index (χ0) is 20.7. The van der Waals surface area contributed by atoms with Crippen LogP contribution in [0.3, 0.4) is 0 Å². The van der Waals surface area contributed by atoms with Gasteiger partial charge in [0.1, 0.15) is 0 Å². The average molecular weight is 416 g/mol. The number of nitrogens with zero attached hydrogens (tertiary/aromatic N) is 4. The van der Waals surface area contributed by atoms with Crippen LogP contribution in [-0.4, -0.2) is 27.0 Å². The van der Waals surface area contributed by atoms with Gasteiger partial charge in [0.15, 0.2) is 16.3 Å². The second-order valence-corrected chi connectivity index (χ2v) is 7.67. The first-order chi connectivity index (χ1) is 14.7. The van der Waals surface area contributed by atoms with Crippen LogP contribution in [0.5, 0.6) is 11.5 Å². The van der Waals surface area contributed by atoms with Gasteiger partial charge in [-0.05, 0) is 19.1 Å². The number of hydrogen-bond donors (Lipinski definition) is 0. The van der Waals surface area contributed by atoms with E-state index in [-0.39, 0.29) is 19.2 Å². The van der Waals surface area contributed by atoms with Crippen molar-refractivity contribution in [3.8, 4) is 29.5 Å². The second-order valence-electron chi connectivity index (χ2n) is 6.66. The summed E-state index contributed by atoms with van der Waals surface area (Å²) in [6, 6.07) is 13.4. The maximum atomic E-state index is 13.0. The minimum absolute atomic E-state index is 0.197. The van der Waals surface area contributed by atoms with Gasteiger partial charge in [-0.25, -0.2) is 4.68 Å². The van der Waals surface area contributed by atoms with Gasteiger partial charge < -0.3 is 14.0 Å². The number of rotatable bonds is 3. The Balaban J connectivity index is 1.60. The number of hydrogen-bond acceptors (Lipinski definition) is 5. The first-order valence-electron chi connectivity index (χ1n) is 9.21. The molecule has 0 radical (unpaired) electrons. The standard InChI is InChI=1S/C22H16N4O3S/c1-3-9-25-17-10-18-19(29-13-28-18)11-20(17)30-22(25)24-21(27)16-12-23-26(14(16)2)15-7-5-4-6-8-15/h1,4-8,10-12H,9,13H2,2H3. The van der Waals surface area contributed by atoms with Crippen molar-refractivity contribution in [2.75, 3.05) is 6.79 Å². The van der Waals surface area contributed by atoms with Crippen LogP contribution in [0.25, 0.3) is 15.9 Å². The Kier molecular flexibility index (Phi) is 4.38. The van der Waals surface area contributed by atoms with Crippen molar-refractivity contribution in [3.63, 3.8) is 0 Å². The topological polar surface area (TPSA) is 70.6 Å². The minimum Gasteiger partial charge on any atom is -0.454 e. The lowest BCUT2D eigenvalue weighted by Crippen LogP contribution is -2.16. The van der Waals surface area contributed by atoms with Crippen LogP contribution in [0.2, 0.25) is 0 Å². The molecule has 3 heterocycles. The van der Waals surface area contributed by atoms with Crippen LogP contribution in [0.4, 0.5) is 0 Å². The Morgan fingerprint density at radius 2 is 2.03 bits per heavy atom. The van der Waals surface area contributed by atoms with Gasteiger partial charge >= 0.3 is 0 Å². The van der Waals surface area contributed by atoms with E-state index in [9.17, 15) is 4.79 Å². The maximum Gasteiger partial charge on any atom is 0.283 e. The molecule has 4 aromatic rings. The summed E-state index contributed by atoms with van der Waals surface area (Å²) < 4.78 is 15.4. The van der Waals surface area contributed by atoms with Gasteiger partial charge in [-0.2, -0.15) is 10.1 Å². The molecule has 5 rings (SSSR count). The monoisotopic (exact) mass is 416 g/mol. The van der Waals surface area contributed by atoms with Crippen molar-refractivity contribution in [1.82, 2.24) is 14.3 Å². The Morgan fingerprint density at radius 3 is 2.80 bits per heavy atom. The van der Waals surface area contributed by atoms with Crippen LogP contribution < -0.4 is 14.3 Å². The zero-order valence-corrected chi connectivity index (χ0v) is 16.8. The summed E-state index contributed by atoms with van der Waals surface area (Å²) in [4.78, 5) is 17.9. The van der Waals surface area contributed by atoms with Crippen molar-refractivity contribution >= 4 is 27.5 Å². The van der Waals surface area contributed by atoms with E-state index >= 15 is 0 Å².